The van der Waals surface area contributed by atoms with E-state index in [4.69, 9.17) is 0 Å². The molecule has 0 saturated carbocycles. The third-order valence-electron chi connectivity index (χ3n) is 4.12. The molecular formula is C16H24N2O2S. The number of carbonyl (C=O) groups is 2. The van der Waals surface area contributed by atoms with Crippen molar-refractivity contribution >= 4 is 23.2 Å². The second-order valence-corrected chi connectivity index (χ2v) is 7.41. The SMILES string of the molecule is CCC1C(=O)NC(C(C)C)C(=O)N1Cc1cc(C)c(C)s1. The Kier molecular flexibility index (Phi) is 4.71. The second kappa shape index (κ2) is 6.18. The van der Waals surface area contributed by atoms with Gasteiger partial charge in [-0.1, -0.05) is 20.8 Å². The Morgan fingerprint density at radius 2 is 2.00 bits per heavy atom. The van der Waals surface area contributed by atoms with Crippen molar-refractivity contribution in [3.8, 4) is 0 Å². The number of hydrogen-bond donors (Lipinski definition) is 1. The predicted octanol–water partition coefficient (Wildman–Crippen LogP) is 2.63. The lowest BCUT2D eigenvalue weighted by Crippen LogP contribution is -2.64. The van der Waals surface area contributed by atoms with E-state index in [0.29, 0.717) is 13.0 Å². The van der Waals surface area contributed by atoms with Gasteiger partial charge in [-0.25, -0.2) is 0 Å². The molecule has 4 nitrogen and oxygen atoms in total. The van der Waals surface area contributed by atoms with E-state index in [1.807, 2.05) is 20.8 Å². The molecular weight excluding hydrogens is 284 g/mol. The van der Waals surface area contributed by atoms with Crippen molar-refractivity contribution in [2.75, 3.05) is 0 Å². The number of aryl methyl sites for hydroxylation is 2. The zero-order valence-corrected chi connectivity index (χ0v) is 14.2. The van der Waals surface area contributed by atoms with Crippen LogP contribution in [0.3, 0.4) is 0 Å². The maximum atomic E-state index is 12.7. The molecule has 2 atom stereocenters. The van der Waals surface area contributed by atoms with Crippen LogP contribution in [0.4, 0.5) is 0 Å². The lowest BCUT2D eigenvalue weighted by molar-refractivity contribution is -0.151. The normalized spacial score (nSPS) is 22.9. The molecule has 1 aliphatic rings. The largest absolute Gasteiger partial charge is 0.342 e. The Hall–Kier alpha value is -1.36. The van der Waals surface area contributed by atoms with Gasteiger partial charge in [0.1, 0.15) is 12.1 Å². The van der Waals surface area contributed by atoms with Crippen LogP contribution in [-0.2, 0) is 16.1 Å². The molecule has 1 aromatic heterocycles. The minimum atomic E-state index is -0.401. The zero-order valence-electron chi connectivity index (χ0n) is 13.4. The highest BCUT2D eigenvalue weighted by molar-refractivity contribution is 7.12. The summed E-state index contributed by atoms with van der Waals surface area (Å²) in [5, 5.41) is 2.87. The zero-order chi connectivity index (χ0) is 15.7. The third kappa shape index (κ3) is 3.12. The van der Waals surface area contributed by atoms with E-state index in [9.17, 15) is 9.59 Å². The molecule has 2 rings (SSSR count). The molecule has 0 bridgehead atoms. The van der Waals surface area contributed by atoms with Gasteiger partial charge in [-0.05, 0) is 37.8 Å². The highest BCUT2D eigenvalue weighted by atomic mass is 32.1. The molecule has 2 unspecified atom stereocenters. The first-order chi connectivity index (χ1) is 9.85. The van der Waals surface area contributed by atoms with Crippen molar-refractivity contribution in [2.24, 2.45) is 5.92 Å². The highest BCUT2D eigenvalue weighted by Gasteiger charge is 2.40. The van der Waals surface area contributed by atoms with Gasteiger partial charge < -0.3 is 10.2 Å². The minimum Gasteiger partial charge on any atom is -0.342 e. The van der Waals surface area contributed by atoms with Crippen LogP contribution >= 0.6 is 11.3 Å². The van der Waals surface area contributed by atoms with Gasteiger partial charge in [0.25, 0.3) is 0 Å². The van der Waals surface area contributed by atoms with Crippen molar-refractivity contribution in [3.05, 3.63) is 21.4 Å². The van der Waals surface area contributed by atoms with Crippen molar-refractivity contribution in [1.82, 2.24) is 10.2 Å². The summed E-state index contributed by atoms with van der Waals surface area (Å²) in [4.78, 5) is 29.1. The van der Waals surface area contributed by atoms with E-state index >= 15 is 0 Å². The number of hydrogen-bond acceptors (Lipinski definition) is 3. The fraction of sp³-hybridized carbons (Fsp3) is 0.625. The van der Waals surface area contributed by atoms with Crippen LogP contribution in [0, 0.1) is 19.8 Å². The smallest absolute Gasteiger partial charge is 0.246 e. The summed E-state index contributed by atoms with van der Waals surface area (Å²) in [6.07, 6.45) is 0.645. The Morgan fingerprint density at radius 1 is 1.33 bits per heavy atom. The van der Waals surface area contributed by atoms with Crippen LogP contribution in [0.2, 0.25) is 0 Å². The van der Waals surface area contributed by atoms with Gasteiger partial charge in [-0.15, -0.1) is 11.3 Å². The Labute approximate surface area is 130 Å². The van der Waals surface area contributed by atoms with Gasteiger partial charge in [0.15, 0.2) is 0 Å². The van der Waals surface area contributed by atoms with Crippen LogP contribution in [-0.4, -0.2) is 28.8 Å². The summed E-state index contributed by atoms with van der Waals surface area (Å²) in [5.74, 6) is 0.120. The summed E-state index contributed by atoms with van der Waals surface area (Å²) in [5.41, 5.74) is 1.25. The van der Waals surface area contributed by atoms with Crippen molar-refractivity contribution in [3.63, 3.8) is 0 Å². The summed E-state index contributed by atoms with van der Waals surface area (Å²) in [6.45, 7) is 10.6. The number of thiophene rings is 1. The third-order valence-corrected chi connectivity index (χ3v) is 5.26. The maximum absolute atomic E-state index is 12.7. The van der Waals surface area contributed by atoms with E-state index < -0.39 is 6.04 Å². The first-order valence-corrected chi connectivity index (χ1v) is 8.33. The van der Waals surface area contributed by atoms with Crippen molar-refractivity contribution < 1.29 is 9.59 Å². The number of nitrogens with zero attached hydrogens (tertiary/aromatic N) is 1. The molecule has 2 heterocycles. The van der Waals surface area contributed by atoms with E-state index in [-0.39, 0.29) is 23.8 Å². The molecule has 0 aromatic carbocycles. The number of piperazine rings is 1. The number of nitrogens with one attached hydrogen (secondary N) is 1. The lowest BCUT2D eigenvalue weighted by atomic mass is 9.97. The topological polar surface area (TPSA) is 49.4 Å². The van der Waals surface area contributed by atoms with E-state index in [1.54, 1.807) is 16.2 Å². The molecule has 21 heavy (non-hydrogen) atoms. The molecule has 116 valence electrons. The van der Waals surface area contributed by atoms with E-state index in [0.717, 1.165) is 4.88 Å². The van der Waals surface area contributed by atoms with Crippen LogP contribution in [0.5, 0.6) is 0 Å². The molecule has 2 amide bonds. The second-order valence-electron chi connectivity index (χ2n) is 6.07. The van der Waals surface area contributed by atoms with E-state index in [2.05, 4.69) is 25.2 Å². The van der Waals surface area contributed by atoms with Gasteiger partial charge in [-0.2, -0.15) is 0 Å². The highest BCUT2D eigenvalue weighted by Crippen LogP contribution is 2.25. The quantitative estimate of drug-likeness (QED) is 0.929. The average molecular weight is 308 g/mol. The summed E-state index contributed by atoms with van der Waals surface area (Å²) < 4.78 is 0. The van der Waals surface area contributed by atoms with Gasteiger partial charge >= 0.3 is 0 Å². The summed E-state index contributed by atoms with van der Waals surface area (Å²) in [7, 11) is 0. The predicted molar refractivity (Wildman–Crippen MR) is 85.2 cm³/mol. The molecule has 5 heteroatoms. The summed E-state index contributed by atoms with van der Waals surface area (Å²) in [6, 6.07) is 1.37. The van der Waals surface area contributed by atoms with Crippen LogP contribution in [0.25, 0.3) is 0 Å². The molecule has 1 aromatic rings. The van der Waals surface area contributed by atoms with Crippen LogP contribution in [0.15, 0.2) is 6.07 Å². The standard InChI is InChI=1S/C16H24N2O2S/c1-6-13-15(19)17-14(9(2)3)16(20)18(13)8-12-7-10(4)11(5)21-12/h7,9,13-14H,6,8H2,1-5H3,(H,17,19). The monoisotopic (exact) mass is 308 g/mol. The lowest BCUT2D eigenvalue weighted by Gasteiger charge is -2.39. The van der Waals surface area contributed by atoms with Gasteiger partial charge in [0, 0.05) is 9.75 Å². The Morgan fingerprint density at radius 3 is 2.48 bits per heavy atom. The molecule has 0 radical (unpaired) electrons. The minimum absolute atomic E-state index is 0.0270. The van der Waals surface area contributed by atoms with Gasteiger partial charge in [0.2, 0.25) is 11.8 Å². The molecule has 0 spiro atoms. The molecule has 1 aliphatic heterocycles. The Bertz CT molecular complexity index is 531. The van der Waals surface area contributed by atoms with Crippen LogP contribution < -0.4 is 5.32 Å². The first kappa shape index (κ1) is 16.0. The van der Waals surface area contributed by atoms with Crippen molar-refractivity contribution in [1.29, 1.82) is 0 Å². The number of rotatable bonds is 4. The van der Waals surface area contributed by atoms with Gasteiger partial charge in [-0.3, -0.25) is 9.59 Å². The molecule has 1 fully saturated rings. The number of carbonyl (C=O) groups excluding carboxylic acids is 2. The Balaban J connectivity index is 2.27. The number of amides is 2. The van der Waals surface area contributed by atoms with Crippen LogP contribution in [0.1, 0.15) is 42.5 Å². The van der Waals surface area contributed by atoms with E-state index in [1.165, 1.54) is 10.4 Å². The fourth-order valence-electron chi connectivity index (χ4n) is 2.73. The maximum Gasteiger partial charge on any atom is 0.246 e. The average Bonchev–Trinajstić information content (AvgIpc) is 2.72. The molecule has 0 aliphatic carbocycles. The van der Waals surface area contributed by atoms with Crippen molar-refractivity contribution in [2.45, 2.75) is 59.7 Å². The molecule has 1 N–H and O–H groups in total. The first-order valence-electron chi connectivity index (χ1n) is 7.51. The summed E-state index contributed by atoms with van der Waals surface area (Å²) >= 11 is 1.71. The molecule has 1 saturated heterocycles. The fourth-order valence-corrected chi connectivity index (χ4v) is 3.78. The van der Waals surface area contributed by atoms with Gasteiger partial charge in [0.05, 0.1) is 6.54 Å².